The van der Waals surface area contributed by atoms with E-state index < -0.39 is 0 Å². The van der Waals surface area contributed by atoms with Gasteiger partial charge in [-0.15, -0.1) is 0 Å². The van der Waals surface area contributed by atoms with Crippen molar-refractivity contribution >= 4 is 5.65 Å². The standard InChI is InChI=1S/C22H20FN5O/c23-19-13-17(1-2-18(19)15-27-9-11-29-12-10-27)21-14-25-22-4-3-20(26-28(21)22)16-5-7-24-8-6-16/h1-8,13-14H,9-12,15H2. The number of hydrogen-bond acceptors (Lipinski definition) is 5. The van der Waals surface area contributed by atoms with E-state index in [2.05, 4.69) is 14.9 Å². The number of benzene rings is 1. The highest BCUT2D eigenvalue weighted by atomic mass is 19.1. The van der Waals surface area contributed by atoms with Crippen molar-refractivity contribution in [2.75, 3.05) is 26.3 Å². The molecule has 4 heterocycles. The molecule has 1 aliphatic heterocycles. The molecule has 3 aromatic heterocycles. The van der Waals surface area contributed by atoms with Crippen LogP contribution in [0.3, 0.4) is 0 Å². The molecule has 0 unspecified atom stereocenters. The van der Waals surface area contributed by atoms with Gasteiger partial charge in [0.25, 0.3) is 0 Å². The third-order valence-corrected chi connectivity index (χ3v) is 5.18. The number of ether oxygens (including phenoxy) is 1. The van der Waals surface area contributed by atoms with Crippen molar-refractivity contribution in [3.8, 4) is 22.5 Å². The molecule has 6 nitrogen and oxygen atoms in total. The van der Waals surface area contributed by atoms with E-state index in [0.717, 1.165) is 41.3 Å². The molecular formula is C22H20FN5O. The third kappa shape index (κ3) is 3.62. The largest absolute Gasteiger partial charge is 0.379 e. The van der Waals surface area contributed by atoms with Gasteiger partial charge in [-0.25, -0.2) is 13.9 Å². The van der Waals surface area contributed by atoms with Gasteiger partial charge in [0.15, 0.2) is 5.65 Å². The lowest BCUT2D eigenvalue weighted by Crippen LogP contribution is -2.35. The Hall–Kier alpha value is -3.16. The number of nitrogens with zero attached hydrogens (tertiary/aromatic N) is 5. The molecule has 0 N–H and O–H groups in total. The number of hydrogen-bond donors (Lipinski definition) is 0. The van der Waals surface area contributed by atoms with E-state index >= 15 is 0 Å². The zero-order valence-electron chi connectivity index (χ0n) is 15.8. The van der Waals surface area contributed by atoms with Gasteiger partial charge in [0.05, 0.1) is 30.8 Å². The van der Waals surface area contributed by atoms with Crippen LogP contribution in [-0.4, -0.2) is 50.8 Å². The second kappa shape index (κ2) is 7.69. The van der Waals surface area contributed by atoms with Crippen molar-refractivity contribution in [1.29, 1.82) is 0 Å². The van der Waals surface area contributed by atoms with Gasteiger partial charge >= 0.3 is 0 Å². The zero-order chi connectivity index (χ0) is 19.6. The molecule has 0 spiro atoms. The lowest BCUT2D eigenvalue weighted by molar-refractivity contribution is 0.0337. The maximum absolute atomic E-state index is 14.8. The Morgan fingerprint density at radius 2 is 1.79 bits per heavy atom. The van der Waals surface area contributed by atoms with Crippen molar-refractivity contribution in [1.82, 2.24) is 24.5 Å². The highest BCUT2D eigenvalue weighted by Gasteiger charge is 2.15. The highest BCUT2D eigenvalue weighted by Crippen LogP contribution is 2.25. The summed E-state index contributed by atoms with van der Waals surface area (Å²) in [5.41, 5.74) is 4.69. The summed E-state index contributed by atoms with van der Waals surface area (Å²) < 4.78 is 21.9. The maximum atomic E-state index is 14.8. The quantitative estimate of drug-likeness (QED) is 0.535. The summed E-state index contributed by atoms with van der Waals surface area (Å²) in [6.45, 7) is 3.65. The summed E-state index contributed by atoms with van der Waals surface area (Å²) >= 11 is 0. The number of aromatic nitrogens is 4. The molecule has 0 atom stereocenters. The molecule has 0 bridgehead atoms. The van der Waals surface area contributed by atoms with Crippen LogP contribution in [-0.2, 0) is 11.3 Å². The first-order chi connectivity index (χ1) is 14.3. The van der Waals surface area contributed by atoms with E-state index in [0.29, 0.717) is 25.3 Å². The SMILES string of the molecule is Fc1cc(-c2cnc3ccc(-c4ccncc4)nn23)ccc1CN1CCOCC1. The van der Waals surface area contributed by atoms with Crippen molar-refractivity contribution in [3.63, 3.8) is 0 Å². The summed E-state index contributed by atoms with van der Waals surface area (Å²) in [6.07, 6.45) is 5.20. The van der Waals surface area contributed by atoms with E-state index in [1.54, 1.807) is 29.2 Å². The number of imidazole rings is 1. The van der Waals surface area contributed by atoms with Crippen molar-refractivity contribution in [3.05, 3.63) is 72.4 Å². The molecule has 1 aromatic carbocycles. The van der Waals surface area contributed by atoms with Gasteiger partial charge in [0.2, 0.25) is 0 Å². The second-order valence-corrected chi connectivity index (χ2v) is 7.06. The molecule has 1 aliphatic rings. The Balaban J connectivity index is 1.48. The lowest BCUT2D eigenvalue weighted by atomic mass is 10.1. The van der Waals surface area contributed by atoms with Crippen LogP contribution in [0.1, 0.15) is 5.56 Å². The van der Waals surface area contributed by atoms with Crippen LogP contribution < -0.4 is 0 Å². The van der Waals surface area contributed by atoms with E-state index in [-0.39, 0.29) is 5.82 Å². The Morgan fingerprint density at radius 1 is 0.966 bits per heavy atom. The van der Waals surface area contributed by atoms with Crippen molar-refractivity contribution < 1.29 is 9.13 Å². The first kappa shape index (κ1) is 17.9. The number of fused-ring (bicyclic) bond motifs is 1. The molecule has 146 valence electrons. The van der Waals surface area contributed by atoms with E-state index in [1.807, 2.05) is 36.4 Å². The molecule has 5 rings (SSSR count). The fourth-order valence-corrected chi connectivity index (χ4v) is 3.58. The molecule has 0 radical (unpaired) electrons. The normalized spacial score (nSPS) is 15.1. The monoisotopic (exact) mass is 389 g/mol. The van der Waals surface area contributed by atoms with Crippen LogP contribution >= 0.6 is 0 Å². The van der Waals surface area contributed by atoms with Gasteiger partial charge in [0.1, 0.15) is 5.82 Å². The summed E-state index contributed by atoms with van der Waals surface area (Å²) in [4.78, 5) is 10.7. The predicted molar refractivity (Wildman–Crippen MR) is 108 cm³/mol. The number of pyridine rings is 1. The van der Waals surface area contributed by atoms with Crippen LogP contribution in [0.5, 0.6) is 0 Å². The van der Waals surface area contributed by atoms with Crippen LogP contribution in [0, 0.1) is 5.82 Å². The average molecular weight is 389 g/mol. The van der Waals surface area contributed by atoms with Gasteiger partial charge < -0.3 is 4.74 Å². The number of halogens is 1. The van der Waals surface area contributed by atoms with E-state index in [1.165, 1.54) is 0 Å². The lowest BCUT2D eigenvalue weighted by Gasteiger charge is -2.26. The van der Waals surface area contributed by atoms with Crippen LogP contribution in [0.25, 0.3) is 28.2 Å². The minimum absolute atomic E-state index is 0.214. The Labute approximate surface area is 167 Å². The van der Waals surface area contributed by atoms with Crippen molar-refractivity contribution in [2.24, 2.45) is 0 Å². The number of morpholine rings is 1. The van der Waals surface area contributed by atoms with E-state index in [9.17, 15) is 4.39 Å². The van der Waals surface area contributed by atoms with E-state index in [4.69, 9.17) is 9.84 Å². The van der Waals surface area contributed by atoms with Crippen LogP contribution in [0.15, 0.2) is 61.1 Å². The zero-order valence-corrected chi connectivity index (χ0v) is 15.8. The first-order valence-electron chi connectivity index (χ1n) is 9.62. The van der Waals surface area contributed by atoms with Gasteiger partial charge in [-0.05, 0) is 30.3 Å². The number of rotatable bonds is 4. The smallest absolute Gasteiger partial charge is 0.154 e. The minimum atomic E-state index is -0.214. The topological polar surface area (TPSA) is 55.5 Å². The molecule has 1 fully saturated rings. The Kier molecular flexibility index (Phi) is 4.75. The maximum Gasteiger partial charge on any atom is 0.154 e. The van der Waals surface area contributed by atoms with Gasteiger partial charge in [-0.1, -0.05) is 12.1 Å². The van der Waals surface area contributed by atoms with Gasteiger partial charge in [-0.3, -0.25) is 9.88 Å². The summed E-state index contributed by atoms with van der Waals surface area (Å²) in [7, 11) is 0. The molecule has 4 aromatic rings. The van der Waals surface area contributed by atoms with Gasteiger partial charge in [0, 0.05) is 48.7 Å². The first-order valence-corrected chi connectivity index (χ1v) is 9.62. The third-order valence-electron chi connectivity index (χ3n) is 5.18. The Bertz CT molecular complexity index is 1140. The van der Waals surface area contributed by atoms with Crippen LogP contribution in [0.4, 0.5) is 4.39 Å². The summed E-state index contributed by atoms with van der Waals surface area (Å²) in [5.74, 6) is -0.214. The van der Waals surface area contributed by atoms with Crippen LogP contribution in [0.2, 0.25) is 0 Å². The average Bonchev–Trinajstić information content (AvgIpc) is 3.20. The second-order valence-electron chi connectivity index (χ2n) is 7.06. The molecule has 29 heavy (non-hydrogen) atoms. The Morgan fingerprint density at radius 3 is 2.59 bits per heavy atom. The molecule has 0 saturated carbocycles. The fourth-order valence-electron chi connectivity index (χ4n) is 3.58. The van der Waals surface area contributed by atoms with Gasteiger partial charge in [-0.2, -0.15) is 5.10 Å². The fraction of sp³-hybridized carbons (Fsp3) is 0.227. The molecule has 0 amide bonds. The predicted octanol–water partition coefficient (Wildman–Crippen LogP) is 3.43. The molecule has 0 aliphatic carbocycles. The molecular weight excluding hydrogens is 369 g/mol. The summed E-state index contributed by atoms with van der Waals surface area (Å²) in [5, 5.41) is 4.71. The summed E-state index contributed by atoms with van der Waals surface area (Å²) in [6, 6.07) is 13.0. The molecule has 7 heteroatoms. The molecule has 1 saturated heterocycles. The minimum Gasteiger partial charge on any atom is -0.379 e. The van der Waals surface area contributed by atoms with Crippen molar-refractivity contribution in [2.45, 2.75) is 6.54 Å². The highest BCUT2D eigenvalue weighted by molar-refractivity contribution is 5.66.